The maximum Gasteiger partial charge on any atom is 0.220 e. The highest BCUT2D eigenvalue weighted by Gasteiger charge is 2.58. The Balaban J connectivity index is 2.12. The summed E-state index contributed by atoms with van der Waals surface area (Å²) < 4.78 is 44.9. The predicted molar refractivity (Wildman–Crippen MR) is 95.3 cm³/mol. The Labute approximate surface area is 165 Å². The van der Waals surface area contributed by atoms with Crippen LogP contribution in [0.1, 0.15) is 27.7 Å². The second-order valence-electron chi connectivity index (χ2n) is 7.52. The summed E-state index contributed by atoms with van der Waals surface area (Å²) in [4.78, 5) is 0. The fourth-order valence-electron chi connectivity index (χ4n) is 3.34. The van der Waals surface area contributed by atoms with Gasteiger partial charge in [-0.05, 0) is 27.7 Å². The van der Waals surface area contributed by atoms with E-state index >= 15 is 0 Å². The van der Waals surface area contributed by atoms with Crippen LogP contribution >= 0.6 is 0 Å². The average Bonchev–Trinajstić information content (AvgIpc) is 2.70. The topological polar surface area (TPSA) is 114 Å². The van der Waals surface area contributed by atoms with E-state index in [1.54, 1.807) is 27.7 Å². The standard InChI is InChI=1S/C18H34O10/c1-15(21-5)17(3,23-7)27-11(9-25-15)13(19)14(20)12-10-26-16(2,22-6)18(4,24-8)28-12/h11-14,19-20H,9-10H2,1-8H3/t11?,12?,13-,14+,15?,16?,17?,18?. The maximum atomic E-state index is 10.7. The molecule has 166 valence electrons. The van der Waals surface area contributed by atoms with E-state index in [1.807, 2.05) is 0 Å². The van der Waals surface area contributed by atoms with Crippen LogP contribution in [-0.2, 0) is 37.9 Å². The molecule has 2 heterocycles. The van der Waals surface area contributed by atoms with Gasteiger partial charge in [-0.2, -0.15) is 0 Å². The Morgan fingerprint density at radius 3 is 1.18 bits per heavy atom. The molecule has 28 heavy (non-hydrogen) atoms. The average molecular weight is 410 g/mol. The number of rotatable bonds is 7. The third kappa shape index (κ3) is 3.83. The zero-order valence-corrected chi connectivity index (χ0v) is 17.9. The molecular formula is C18H34O10. The lowest BCUT2D eigenvalue weighted by Gasteiger charge is -2.52. The van der Waals surface area contributed by atoms with Crippen molar-refractivity contribution in [3.8, 4) is 0 Å². The van der Waals surface area contributed by atoms with Gasteiger partial charge >= 0.3 is 0 Å². The minimum Gasteiger partial charge on any atom is -0.387 e. The largest absolute Gasteiger partial charge is 0.387 e. The quantitative estimate of drug-likeness (QED) is 0.594. The Bertz CT molecular complexity index is 488. The molecule has 0 bridgehead atoms. The minimum absolute atomic E-state index is 0.0214. The highest BCUT2D eigenvalue weighted by molar-refractivity contribution is 4.95. The molecule has 10 heteroatoms. The first-order valence-corrected chi connectivity index (χ1v) is 9.15. The Kier molecular flexibility index (Phi) is 7.15. The van der Waals surface area contributed by atoms with Crippen LogP contribution in [0.15, 0.2) is 0 Å². The van der Waals surface area contributed by atoms with Crippen LogP contribution < -0.4 is 0 Å². The van der Waals surface area contributed by atoms with Gasteiger partial charge in [0.25, 0.3) is 0 Å². The van der Waals surface area contributed by atoms with E-state index in [4.69, 9.17) is 37.9 Å². The van der Waals surface area contributed by atoms with Gasteiger partial charge in [-0.3, -0.25) is 0 Å². The van der Waals surface area contributed by atoms with E-state index in [2.05, 4.69) is 0 Å². The second-order valence-corrected chi connectivity index (χ2v) is 7.52. The molecule has 0 amide bonds. The summed E-state index contributed by atoms with van der Waals surface area (Å²) in [6.07, 6.45) is -4.48. The summed E-state index contributed by atoms with van der Waals surface area (Å²) in [6.45, 7) is 6.56. The molecule has 2 saturated heterocycles. The number of hydrogen-bond donors (Lipinski definition) is 2. The molecule has 0 aliphatic carbocycles. The highest BCUT2D eigenvalue weighted by atomic mass is 16.8. The van der Waals surface area contributed by atoms with E-state index in [9.17, 15) is 10.2 Å². The number of aliphatic hydroxyl groups is 2. The summed E-state index contributed by atoms with van der Waals surface area (Å²) >= 11 is 0. The molecule has 10 nitrogen and oxygen atoms in total. The summed E-state index contributed by atoms with van der Waals surface area (Å²) in [5.74, 6) is -4.96. The van der Waals surface area contributed by atoms with E-state index in [1.165, 1.54) is 28.4 Å². The highest BCUT2D eigenvalue weighted by Crippen LogP contribution is 2.40. The normalized spacial score (nSPS) is 46.9. The van der Waals surface area contributed by atoms with Crippen molar-refractivity contribution < 1.29 is 48.1 Å². The van der Waals surface area contributed by atoms with E-state index in [0.717, 1.165) is 0 Å². The van der Waals surface area contributed by atoms with Crippen molar-refractivity contribution in [2.24, 2.45) is 0 Å². The first kappa shape index (κ1) is 23.9. The Morgan fingerprint density at radius 1 is 0.643 bits per heavy atom. The lowest BCUT2D eigenvalue weighted by Crippen LogP contribution is -2.68. The van der Waals surface area contributed by atoms with Crippen LogP contribution in [-0.4, -0.2) is 99.4 Å². The molecule has 2 aliphatic heterocycles. The van der Waals surface area contributed by atoms with Gasteiger partial charge in [0.15, 0.2) is 0 Å². The van der Waals surface area contributed by atoms with Crippen LogP contribution in [0.3, 0.4) is 0 Å². The predicted octanol–water partition coefficient (Wildman–Crippen LogP) is -0.0106. The van der Waals surface area contributed by atoms with Gasteiger partial charge in [-0.15, -0.1) is 0 Å². The zero-order valence-electron chi connectivity index (χ0n) is 17.9. The van der Waals surface area contributed by atoms with Crippen molar-refractivity contribution in [1.29, 1.82) is 0 Å². The molecule has 0 radical (unpaired) electrons. The summed E-state index contributed by atoms with van der Waals surface area (Å²) in [5.41, 5.74) is 0. The van der Waals surface area contributed by atoms with Gasteiger partial charge in [0.05, 0.1) is 13.2 Å². The van der Waals surface area contributed by atoms with Crippen LogP contribution in [0, 0.1) is 0 Å². The number of methoxy groups -OCH3 is 4. The lowest BCUT2D eigenvalue weighted by molar-refractivity contribution is -0.449. The smallest absolute Gasteiger partial charge is 0.220 e. The molecule has 2 aliphatic rings. The van der Waals surface area contributed by atoms with Gasteiger partial charge in [-0.1, -0.05) is 0 Å². The van der Waals surface area contributed by atoms with Gasteiger partial charge < -0.3 is 48.1 Å². The first-order chi connectivity index (χ1) is 12.9. The summed E-state index contributed by atoms with van der Waals surface area (Å²) in [7, 11) is 5.83. The molecular weight excluding hydrogens is 376 g/mol. The van der Waals surface area contributed by atoms with Crippen LogP contribution in [0.2, 0.25) is 0 Å². The van der Waals surface area contributed by atoms with Crippen LogP contribution in [0.25, 0.3) is 0 Å². The van der Waals surface area contributed by atoms with Crippen molar-refractivity contribution in [2.45, 2.75) is 75.3 Å². The molecule has 0 spiro atoms. The van der Waals surface area contributed by atoms with Gasteiger partial charge in [0, 0.05) is 28.4 Å². The monoisotopic (exact) mass is 410 g/mol. The van der Waals surface area contributed by atoms with Crippen molar-refractivity contribution in [2.75, 3.05) is 41.7 Å². The van der Waals surface area contributed by atoms with Crippen molar-refractivity contribution in [1.82, 2.24) is 0 Å². The second kappa shape index (κ2) is 8.38. The Hall–Kier alpha value is -0.400. The van der Waals surface area contributed by atoms with Crippen molar-refractivity contribution >= 4 is 0 Å². The molecule has 8 atom stereocenters. The molecule has 0 saturated carbocycles. The first-order valence-electron chi connectivity index (χ1n) is 9.15. The fraction of sp³-hybridized carbons (Fsp3) is 1.00. The van der Waals surface area contributed by atoms with Crippen molar-refractivity contribution in [3.05, 3.63) is 0 Å². The van der Waals surface area contributed by atoms with Crippen LogP contribution in [0.4, 0.5) is 0 Å². The van der Waals surface area contributed by atoms with Gasteiger partial charge in [0.2, 0.25) is 23.1 Å². The van der Waals surface area contributed by atoms with Gasteiger partial charge in [-0.25, -0.2) is 0 Å². The SMILES string of the molecule is COC1(C)OCC([C@@H](O)[C@@H](O)C2COC(C)(OC)C(C)(OC)O2)OC1(C)OC. The molecule has 6 unspecified atom stereocenters. The van der Waals surface area contributed by atoms with E-state index in [-0.39, 0.29) is 13.2 Å². The fourth-order valence-corrected chi connectivity index (χ4v) is 3.34. The third-order valence-corrected chi connectivity index (χ3v) is 6.12. The van der Waals surface area contributed by atoms with Gasteiger partial charge in [0.1, 0.15) is 24.4 Å². The molecule has 2 rings (SSSR count). The lowest BCUT2D eigenvalue weighted by atomic mass is 9.98. The third-order valence-electron chi connectivity index (χ3n) is 6.12. The number of ether oxygens (including phenoxy) is 8. The summed E-state index contributed by atoms with van der Waals surface area (Å²) in [6, 6.07) is 0. The van der Waals surface area contributed by atoms with Crippen LogP contribution in [0.5, 0.6) is 0 Å². The Morgan fingerprint density at radius 2 is 0.929 bits per heavy atom. The molecule has 2 fully saturated rings. The minimum atomic E-state index is -1.35. The van der Waals surface area contributed by atoms with Crippen molar-refractivity contribution in [3.63, 3.8) is 0 Å². The number of hydrogen-bond acceptors (Lipinski definition) is 10. The van der Waals surface area contributed by atoms with E-state index < -0.39 is 47.6 Å². The molecule has 0 aromatic carbocycles. The zero-order chi connectivity index (χ0) is 21.4. The molecule has 0 aromatic heterocycles. The summed E-state index contributed by atoms with van der Waals surface area (Å²) in [5, 5.41) is 21.5. The molecule has 0 aromatic rings. The maximum absolute atomic E-state index is 10.7. The van der Waals surface area contributed by atoms with E-state index in [0.29, 0.717) is 0 Å². The number of aliphatic hydroxyl groups excluding tert-OH is 2. The molecule has 2 N–H and O–H groups in total.